The predicted molar refractivity (Wildman–Crippen MR) is 131 cm³/mol. The normalized spacial score (nSPS) is 16.6. The van der Waals surface area contributed by atoms with Gasteiger partial charge in [0.15, 0.2) is 5.96 Å². The van der Waals surface area contributed by atoms with E-state index in [2.05, 4.69) is 72.5 Å². The topological polar surface area (TPSA) is 48.9 Å². The number of halogens is 1. The monoisotopic (exact) mass is 502 g/mol. The number of benzene rings is 1. The predicted octanol–water partition coefficient (Wildman–Crippen LogP) is 4.58. The molecule has 6 heteroatoms. The summed E-state index contributed by atoms with van der Waals surface area (Å²) in [5.74, 6) is 1.36. The zero-order chi connectivity index (χ0) is 19.6. The zero-order valence-electron chi connectivity index (χ0n) is 18.2. The number of nitrogens with one attached hydrogen (secondary N) is 2. The molecule has 2 atom stereocenters. The van der Waals surface area contributed by atoms with Gasteiger partial charge in [-0.25, -0.2) is 0 Å². The summed E-state index contributed by atoms with van der Waals surface area (Å²) in [6.07, 6.45) is 3.86. The molecule has 1 saturated heterocycles. The van der Waals surface area contributed by atoms with Gasteiger partial charge in [0.2, 0.25) is 0 Å². The fourth-order valence-corrected chi connectivity index (χ4v) is 3.61. The Morgan fingerprint density at radius 1 is 1.21 bits per heavy atom. The number of guanidine groups is 1. The van der Waals surface area contributed by atoms with Crippen LogP contribution in [0.5, 0.6) is 0 Å². The average Bonchev–Trinajstić information content (AvgIpc) is 3.21. The van der Waals surface area contributed by atoms with Crippen LogP contribution in [0.2, 0.25) is 0 Å². The van der Waals surface area contributed by atoms with Crippen LogP contribution in [-0.2, 0) is 4.74 Å². The molecule has 1 aromatic rings. The van der Waals surface area contributed by atoms with Gasteiger partial charge >= 0.3 is 0 Å². The minimum absolute atomic E-state index is 0. The molecule has 0 radical (unpaired) electrons. The van der Waals surface area contributed by atoms with E-state index in [1.54, 1.807) is 0 Å². The first kappa shape index (κ1) is 25.0. The summed E-state index contributed by atoms with van der Waals surface area (Å²) in [4.78, 5) is 6.86. The molecule has 0 amide bonds. The van der Waals surface area contributed by atoms with Crippen molar-refractivity contribution in [2.45, 2.75) is 59.1 Å². The molecule has 2 N–H and O–H groups in total. The van der Waals surface area contributed by atoms with E-state index in [-0.39, 0.29) is 36.1 Å². The van der Waals surface area contributed by atoms with Crippen LogP contribution in [0.4, 0.5) is 5.69 Å². The van der Waals surface area contributed by atoms with E-state index in [1.807, 2.05) is 7.05 Å². The second-order valence-electron chi connectivity index (χ2n) is 7.68. The number of anilines is 1. The fourth-order valence-electron chi connectivity index (χ4n) is 3.61. The van der Waals surface area contributed by atoms with Crippen molar-refractivity contribution >= 4 is 35.6 Å². The number of hydrogen-bond donors (Lipinski definition) is 2. The van der Waals surface area contributed by atoms with E-state index in [0.29, 0.717) is 5.92 Å². The summed E-state index contributed by atoms with van der Waals surface area (Å²) >= 11 is 0. The lowest BCUT2D eigenvalue weighted by atomic mass is 10.0. The van der Waals surface area contributed by atoms with Crippen LogP contribution in [0.25, 0.3) is 0 Å². The van der Waals surface area contributed by atoms with Crippen molar-refractivity contribution in [1.82, 2.24) is 10.6 Å². The lowest BCUT2D eigenvalue weighted by molar-refractivity contribution is 0.0258. The van der Waals surface area contributed by atoms with Gasteiger partial charge < -0.3 is 20.3 Å². The molecule has 1 aliphatic heterocycles. The molecule has 0 spiro atoms. The van der Waals surface area contributed by atoms with Crippen molar-refractivity contribution in [3.63, 3.8) is 0 Å². The number of aliphatic imine (C=N–C) groups is 1. The second kappa shape index (κ2) is 13.2. The van der Waals surface area contributed by atoms with Gasteiger partial charge in [0.05, 0.1) is 12.1 Å². The maximum absolute atomic E-state index is 5.83. The Kier molecular flexibility index (Phi) is 11.8. The molecule has 0 aromatic heterocycles. The highest BCUT2D eigenvalue weighted by molar-refractivity contribution is 14.0. The largest absolute Gasteiger partial charge is 0.378 e. The van der Waals surface area contributed by atoms with Crippen LogP contribution in [0.3, 0.4) is 0 Å². The lowest BCUT2D eigenvalue weighted by Gasteiger charge is -2.23. The lowest BCUT2D eigenvalue weighted by Crippen LogP contribution is -2.40. The first-order valence-electron chi connectivity index (χ1n) is 10.5. The average molecular weight is 502 g/mol. The SMILES string of the molecule is CCOC(CCNC(=NC)NC(C)c1cccc(N2CCCC2)c1)C(C)C.I. The van der Waals surface area contributed by atoms with Crippen molar-refractivity contribution in [2.75, 3.05) is 38.2 Å². The molecule has 2 rings (SSSR count). The minimum Gasteiger partial charge on any atom is -0.378 e. The maximum Gasteiger partial charge on any atom is 0.191 e. The highest BCUT2D eigenvalue weighted by atomic mass is 127. The van der Waals surface area contributed by atoms with Crippen LogP contribution >= 0.6 is 24.0 Å². The Morgan fingerprint density at radius 2 is 1.93 bits per heavy atom. The molecule has 28 heavy (non-hydrogen) atoms. The van der Waals surface area contributed by atoms with E-state index in [9.17, 15) is 0 Å². The van der Waals surface area contributed by atoms with E-state index >= 15 is 0 Å². The minimum atomic E-state index is 0. The highest BCUT2D eigenvalue weighted by Crippen LogP contribution is 2.23. The van der Waals surface area contributed by atoms with Gasteiger partial charge in [-0.2, -0.15) is 0 Å². The van der Waals surface area contributed by atoms with E-state index in [1.165, 1.54) is 37.2 Å². The maximum atomic E-state index is 5.83. The Hall–Kier alpha value is -1.02. The van der Waals surface area contributed by atoms with Gasteiger partial charge in [0, 0.05) is 39.0 Å². The van der Waals surface area contributed by atoms with E-state index < -0.39 is 0 Å². The molecule has 0 aliphatic carbocycles. The van der Waals surface area contributed by atoms with Gasteiger partial charge in [-0.1, -0.05) is 26.0 Å². The molecule has 160 valence electrons. The molecule has 1 heterocycles. The van der Waals surface area contributed by atoms with Crippen LogP contribution in [0, 0.1) is 5.92 Å². The molecule has 2 unspecified atom stereocenters. The summed E-state index contributed by atoms with van der Waals surface area (Å²) < 4.78 is 5.83. The second-order valence-corrected chi connectivity index (χ2v) is 7.68. The van der Waals surface area contributed by atoms with Crippen LogP contribution < -0.4 is 15.5 Å². The summed E-state index contributed by atoms with van der Waals surface area (Å²) in [6.45, 7) is 12.6. The molecular formula is C22H39IN4O. The third-order valence-corrected chi connectivity index (χ3v) is 5.26. The fraction of sp³-hybridized carbons (Fsp3) is 0.682. The Morgan fingerprint density at radius 3 is 2.54 bits per heavy atom. The van der Waals surface area contributed by atoms with Crippen molar-refractivity contribution < 1.29 is 4.74 Å². The molecular weight excluding hydrogens is 463 g/mol. The van der Waals surface area contributed by atoms with Crippen LogP contribution in [-0.4, -0.2) is 45.4 Å². The van der Waals surface area contributed by atoms with Crippen molar-refractivity contribution in [3.8, 4) is 0 Å². The Balaban J connectivity index is 0.00000392. The van der Waals surface area contributed by atoms with Gasteiger partial charge in [-0.15, -0.1) is 24.0 Å². The smallest absolute Gasteiger partial charge is 0.191 e. The standard InChI is InChI=1S/C22H38N4O.HI/c1-6-27-21(17(2)3)12-13-24-22(23-5)25-18(4)19-10-9-11-20(16-19)26-14-7-8-15-26;/h9-11,16-18,21H,6-8,12-15H2,1-5H3,(H2,23,24,25);1H. The zero-order valence-corrected chi connectivity index (χ0v) is 20.5. The molecule has 5 nitrogen and oxygen atoms in total. The van der Waals surface area contributed by atoms with E-state index in [4.69, 9.17) is 4.74 Å². The first-order chi connectivity index (χ1) is 13.0. The van der Waals surface area contributed by atoms with Crippen LogP contribution in [0.1, 0.15) is 58.6 Å². The summed E-state index contributed by atoms with van der Waals surface area (Å²) in [5.41, 5.74) is 2.62. The molecule has 0 bridgehead atoms. The number of ether oxygens (including phenoxy) is 1. The number of hydrogen-bond acceptors (Lipinski definition) is 3. The van der Waals surface area contributed by atoms with E-state index in [0.717, 1.165) is 25.5 Å². The van der Waals surface area contributed by atoms with Crippen LogP contribution in [0.15, 0.2) is 29.3 Å². The highest BCUT2D eigenvalue weighted by Gasteiger charge is 2.15. The summed E-state index contributed by atoms with van der Waals surface area (Å²) in [7, 11) is 1.82. The third kappa shape index (κ3) is 7.78. The first-order valence-corrected chi connectivity index (χ1v) is 10.5. The summed E-state index contributed by atoms with van der Waals surface area (Å²) in [5, 5.41) is 6.95. The molecule has 1 fully saturated rings. The quantitative estimate of drug-likeness (QED) is 0.295. The Labute approximate surface area is 188 Å². The summed E-state index contributed by atoms with van der Waals surface area (Å²) in [6, 6.07) is 9.07. The molecule has 0 saturated carbocycles. The van der Waals surface area contributed by atoms with Gasteiger partial charge in [0.25, 0.3) is 0 Å². The van der Waals surface area contributed by atoms with Crippen molar-refractivity contribution in [3.05, 3.63) is 29.8 Å². The van der Waals surface area contributed by atoms with Gasteiger partial charge in [0.1, 0.15) is 0 Å². The third-order valence-electron chi connectivity index (χ3n) is 5.26. The Bertz CT molecular complexity index is 588. The van der Waals surface area contributed by atoms with Gasteiger partial charge in [-0.3, -0.25) is 4.99 Å². The van der Waals surface area contributed by atoms with Crippen molar-refractivity contribution in [1.29, 1.82) is 0 Å². The molecule has 1 aliphatic rings. The van der Waals surface area contributed by atoms with Gasteiger partial charge in [-0.05, 0) is 56.7 Å². The molecule has 1 aromatic carbocycles. The number of rotatable bonds is 9. The van der Waals surface area contributed by atoms with Crippen molar-refractivity contribution in [2.24, 2.45) is 10.9 Å². The number of nitrogens with zero attached hydrogens (tertiary/aromatic N) is 2.